The fourth-order valence-electron chi connectivity index (χ4n) is 2.77. The van der Waals surface area contributed by atoms with Crippen LogP contribution < -0.4 is 14.4 Å². The summed E-state index contributed by atoms with van der Waals surface area (Å²) >= 11 is 6.61. The van der Waals surface area contributed by atoms with Gasteiger partial charge in [-0.15, -0.1) is 0 Å². The molecule has 29 heavy (non-hydrogen) atoms. The van der Waals surface area contributed by atoms with Crippen LogP contribution in [-0.2, 0) is 9.53 Å². The van der Waals surface area contributed by atoms with Crippen LogP contribution in [0, 0.1) is 0 Å². The van der Waals surface area contributed by atoms with E-state index >= 15 is 0 Å². The fourth-order valence-corrected chi connectivity index (χ4v) is 4.07. The van der Waals surface area contributed by atoms with Gasteiger partial charge in [0.05, 0.1) is 37.0 Å². The Labute approximate surface area is 178 Å². The van der Waals surface area contributed by atoms with Gasteiger partial charge >= 0.3 is 5.97 Å². The van der Waals surface area contributed by atoms with Gasteiger partial charge in [0.15, 0.2) is 15.8 Å². The van der Waals surface area contributed by atoms with E-state index in [0.29, 0.717) is 32.0 Å². The van der Waals surface area contributed by atoms with Gasteiger partial charge in [-0.2, -0.15) is 0 Å². The lowest BCUT2D eigenvalue weighted by Crippen LogP contribution is -2.27. The number of carbonyl (C=O) groups excluding carboxylic acids is 2. The van der Waals surface area contributed by atoms with Crippen molar-refractivity contribution in [2.75, 3.05) is 25.7 Å². The molecule has 0 saturated carbocycles. The SMILES string of the molecule is CCOC(=O)c1cccc(N2C(=O)/C(=C/c3ccc(OC)c(OC)c3)SC2=S)c1. The van der Waals surface area contributed by atoms with Crippen LogP contribution in [0.4, 0.5) is 5.69 Å². The van der Waals surface area contributed by atoms with E-state index in [9.17, 15) is 9.59 Å². The summed E-state index contributed by atoms with van der Waals surface area (Å²) in [5.41, 5.74) is 1.67. The lowest BCUT2D eigenvalue weighted by atomic mass is 10.1. The third kappa shape index (κ3) is 4.44. The van der Waals surface area contributed by atoms with E-state index in [1.165, 1.54) is 16.7 Å². The van der Waals surface area contributed by atoms with Crippen LogP contribution in [-0.4, -0.2) is 37.0 Å². The number of benzene rings is 2. The van der Waals surface area contributed by atoms with Crippen molar-refractivity contribution < 1.29 is 23.8 Å². The summed E-state index contributed by atoms with van der Waals surface area (Å²) in [4.78, 5) is 26.9. The zero-order valence-corrected chi connectivity index (χ0v) is 17.8. The Balaban J connectivity index is 1.90. The highest BCUT2D eigenvalue weighted by Gasteiger charge is 2.33. The fraction of sp³-hybridized carbons (Fsp3) is 0.190. The molecule has 0 radical (unpaired) electrons. The maximum absolute atomic E-state index is 13.0. The predicted octanol–water partition coefficient (Wildman–Crippen LogP) is 4.29. The Bertz CT molecular complexity index is 1000. The summed E-state index contributed by atoms with van der Waals surface area (Å²) < 4.78 is 16.0. The van der Waals surface area contributed by atoms with Gasteiger partial charge in [0.1, 0.15) is 0 Å². The highest BCUT2D eigenvalue weighted by atomic mass is 32.2. The standard InChI is InChI=1S/C21H19NO5S2/c1-4-27-20(24)14-6-5-7-15(12-14)22-19(23)18(29-21(22)28)11-13-8-9-16(25-2)17(10-13)26-3/h5-12H,4H2,1-3H3/b18-11-. The van der Waals surface area contributed by atoms with Gasteiger partial charge in [-0.25, -0.2) is 4.79 Å². The third-order valence-corrected chi connectivity index (χ3v) is 5.42. The number of methoxy groups -OCH3 is 2. The van der Waals surface area contributed by atoms with E-state index in [0.717, 1.165) is 5.56 Å². The lowest BCUT2D eigenvalue weighted by molar-refractivity contribution is -0.113. The van der Waals surface area contributed by atoms with Crippen molar-refractivity contribution in [1.29, 1.82) is 0 Å². The number of thiocarbonyl (C=S) groups is 1. The molecule has 0 aromatic heterocycles. The Morgan fingerprint density at radius 3 is 2.59 bits per heavy atom. The lowest BCUT2D eigenvalue weighted by Gasteiger charge is -2.15. The number of esters is 1. The maximum atomic E-state index is 13.0. The Morgan fingerprint density at radius 1 is 1.14 bits per heavy atom. The minimum Gasteiger partial charge on any atom is -0.493 e. The van der Waals surface area contributed by atoms with E-state index in [2.05, 4.69) is 0 Å². The molecule has 1 amide bonds. The molecule has 0 spiro atoms. The number of carbonyl (C=O) groups is 2. The van der Waals surface area contributed by atoms with Gasteiger partial charge in [0, 0.05) is 0 Å². The van der Waals surface area contributed by atoms with E-state index in [1.54, 1.807) is 63.6 Å². The van der Waals surface area contributed by atoms with Crippen LogP contribution in [0.1, 0.15) is 22.8 Å². The molecule has 0 aliphatic carbocycles. The van der Waals surface area contributed by atoms with Crippen LogP contribution in [0.5, 0.6) is 11.5 Å². The highest BCUT2D eigenvalue weighted by molar-refractivity contribution is 8.27. The molecular weight excluding hydrogens is 410 g/mol. The first-order chi connectivity index (χ1) is 14.0. The maximum Gasteiger partial charge on any atom is 0.338 e. The molecule has 0 N–H and O–H groups in total. The molecule has 1 saturated heterocycles. The van der Waals surface area contributed by atoms with Crippen molar-refractivity contribution in [3.8, 4) is 11.5 Å². The second kappa shape index (κ2) is 9.11. The number of hydrogen-bond donors (Lipinski definition) is 0. The van der Waals surface area contributed by atoms with Gasteiger partial charge in [-0.1, -0.05) is 36.1 Å². The van der Waals surface area contributed by atoms with E-state index < -0.39 is 5.97 Å². The highest BCUT2D eigenvalue weighted by Crippen LogP contribution is 2.37. The molecule has 150 valence electrons. The Kier molecular flexibility index (Phi) is 6.56. The van der Waals surface area contributed by atoms with Gasteiger partial charge in [0.2, 0.25) is 0 Å². The van der Waals surface area contributed by atoms with Crippen LogP contribution >= 0.6 is 24.0 Å². The number of rotatable bonds is 6. The smallest absolute Gasteiger partial charge is 0.338 e. The number of thioether (sulfide) groups is 1. The normalized spacial score (nSPS) is 15.0. The quantitative estimate of drug-likeness (QED) is 0.386. The van der Waals surface area contributed by atoms with Crippen molar-refractivity contribution in [2.24, 2.45) is 0 Å². The molecule has 8 heteroatoms. The summed E-state index contributed by atoms with van der Waals surface area (Å²) in [6.07, 6.45) is 1.75. The van der Waals surface area contributed by atoms with Crippen LogP contribution in [0.15, 0.2) is 47.4 Å². The Hall–Kier alpha value is -2.84. The second-order valence-corrected chi connectivity index (χ2v) is 7.58. The van der Waals surface area contributed by atoms with Crippen molar-refractivity contribution >= 4 is 51.9 Å². The molecule has 2 aromatic rings. The van der Waals surface area contributed by atoms with E-state index in [4.69, 9.17) is 26.4 Å². The van der Waals surface area contributed by atoms with Crippen LogP contribution in [0.3, 0.4) is 0 Å². The molecule has 1 fully saturated rings. The van der Waals surface area contributed by atoms with E-state index in [-0.39, 0.29) is 12.5 Å². The van der Waals surface area contributed by atoms with Crippen molar-refractivity contribution in [3.63, 3.8) is 0 Å². The molecular formula is C21H19NO5S2. The summed E-state index contributed by atoms with van der Waals surface area (Å²) in [6.45, 7) is 2.01. The topological polar surface area (TPSA) is 65.1 Å². The zero-order chi connectivity index (χ0) is 21.0. The third-order valence-electron chi connectivity index (χ3n) is 4.11. The first kappa shape index (κ1) is 20.9. The molecule has 1 heterocycles. The minimum absolute atomic E-state index is 0.254. The van der Waals surface area contributed by atoms with E-state index in [1.807, 2.05) is 6.07 Å². The molecule has 0 atom stereocenters. The summed E-state index contributed by atoms with van der Waals surface area (Å²) in [7, 11) is 3.12. The van der Waals surface area contributed by atoms with Crippen molar-refractivity contribution in [3.05, 3.63) is 58.5 Å². The molecule has 0 unspecified atom stereocenters. The molecule has 6 nitrogen and oxygen atoms in total. The van der Waals surface area contributed by atoms with Crippen molar-refractivity contribution in [1.82, 2.24) is 0 Å². The average Bonchev–Trinajstić information content (AvgIpc) is 3.01. The first-order valence-electron chi connectivity index (χ1n) is 8.75. The van der Waals surface area contributed by atoms with Gasteiger partial charge in [-0.3, -0.25) is 9.69 Å². The number of nitrogens with zero attached hydrogens (tertiary/aromatic N) is 1. The Morgan fingerprint density at radius 2 is 1.90 bits per heavy atom. The number of ether oxygens (including phenoxy) is 3. The predicted molar refractivity (Wildman–Crippen MR) is 118 cm³/mol. The average molecular weight is 430 g/mol. The first-order valence-corrected chi connectivity index (χ1v) is 9.98. The molecule has 0 bridgehead atoms. The zero-order valence-electron chi connectivity index (χ0n) is 16.1. The summed E-state index contributed by atoms with van der Waals surface area (Å²) in [6, 6.07) is 12.0. The number of anilines is 1. The minimum atomic E-state index is -0.444. The monoisotopic (exact) mass is 429 g/mol. The summed E-state index contributed by atoms with van der Waals surface area (Å²) in [5, 5.41) is 0. The number of amides is 1. The van der Waals surface area contributed by atoms with Gasteiger partial charge in [0.25, 0.3) is 5.91 Å². The second-order valence-electron chi connectivity index (χ2n) is 5.90. The number of hydrogen-bond acceptors (Lipinski definition) is 7. The summed E-state index contributed by atoms with van der Waals surface area (Å²) in [5.74, 6) is 0.475. The molecule has 3 rings (SSSR count). The van der Waals surface area contributed by atoms with Crippen LogP contribution in [0.2, 0.25) is 0 Å². The van der Waals surface area contributed by atoms with Crippen LogP contribution in [0.25, 0.3) is 6.08 Å². The van der Waals surface area contributed by atoms with Gasteiger partial charge in [-0.05, 0) is 48.9 Å². The molecule has 1 aliphatic heterocycles. The largest absolute Gasteiger partial charge is 0.493 e. The molecule has 2 aromatic carbocycles. The molecule has 1 aliphatic rings. The van der Waals surface area contributed by atoms with Gasteiger partial charge < -0.3 is 14.2 Å². The van der Waals surface area contributed by atoms with Crippen molar-refractivity contribution in [2.45, 2.75) is 6.92 Å².